The van der Waals surface area contributed by atoms with E-state index in [1.54, 1.807) is 0 Å². The molecule has 1 heterocycles. The Kier molecular flexibility index (Phi) is 10.9. The zero-order valence-corrected chi connectivity index (χ0v) is 13.6. The summed E-state index contributed by atoms with van der Waals surface area (Å²) in [6, 6.07) is 0.224. The molecule has 2 nitrogen and oxygen atoms in total. The number of piperidine rings is 1. The summed E-state index contributed by atoms with van der Waals surface area (Å²) in [4.78, 5) is 13.4. The van der Waals surface area contributed by atoms with Crippen molar-refractivity contribution >= 4 is 6.29 Å². The molecule has 0 aromatic heterocycles. The normalized spacial score (nSPS) is 20.1. The Labute approximate surface area is 126 Å². The predicted molar refractivity (Wildman–Crippen MR) is 87.1 cm³/mol. The molecule has 2 heteroatoms. The van der Waals surface area contributed by atoms with E-state index in [0.717, 1.165) is 25.8 Å². The minimum absolute atomic E-state index is 0.224. The van der Waals surface area contributed by atoms with Crippen LogP contribution in [0.25, 0.3) is 0 Å². The second-order valence-electron chi connectivity index (χ2n) is 6.42. The highest BCUT2D eigenvalue weighted by Gasteiger charge is 2.20. The molecular formula is C18H35NO. The predicted octanol–water partition coefficient (Wildman–Crippen LogP) is 4.96. The summed E-state index contributed by atoms with van der Waals surface area (Å²) >= 11 is 0. The average Bonchev–Trinajstić information content (AvgIpc) is 2.49. The maximum absolute atomic E-state index is 11.0. The smallest absolute Gasteiger partial charge is 0.137 e. The van der Waals surface area contributed by atoms with Crippen LogP contribution >= 0.6 is 0 Å². The van der Waals surface area contributed by atoms with E-state index in [0.29, 0.717) is 0 Å². The van der Waals surface area contributed by atoms with Crippen molar-refractivity contribution in [2.24, 2.45) is 0 Å². The molecule has 0 N–H and O–H groups in total. The molecule has 0 bridgehead atoms. The zero-order chi connectivity index (χ0) is 14.5. The van der Waals surface area contributed by atoms with E-state index in [9.17, 15) is 4.79 Å². The van der Waals surface area contributed by atoms with Crippen LogP contribution in [0.1, 0.15) is 90.4 Å². The maximum atomic E-state index is 11.0. The molecule has 0 amide bonds. The lowest BCUT2D eigenvalue weighted by Gasteiger charge is -2.32. The topological polar surface area (TPSA) is 20.3 Å². The molecule has 1 fully saturated rings. The van der Waals surface area contributed by atoms with E-state index in [1.165, 1.54) is 77.0 Å². The lowest BCUT2D eigenvalue weighted by atomic mass is 10.0. The average molecular weight is 281 g/mol. The van der Waals surface area contributed by atoms with Crippen molar-refractivity contribution < 1.29 is 4.79 Å². The van der Waals surface area contributed by atoms with Crippen LogP contribution in [-0.2, 0) is 4.79 Å². The molecule has 1 saturated heterocycles. The van der Waals surface area contributed by atoms with Gasteiger partial charge in [0.05, 0.1) is 6.04 Å². The van der Waals surface area contributed by atoms with Gasteiger partial charge >= 0.3 is 0 Å². The van der Waals surface area contributed by atoms with Gasteiger partial charge in [0.25, 0.3) is 0 Å². The van der Waals surface area contributed by atoms with Gasteiger partial charge in [-0.15, -0.1) is 0 Å². The third-order valence-corrected chi connectivity index (χ3v) is 4.62. The summed E-state index contributed by atoms with van der Waals surface area (Å²) in [5.41, 5.74) is 0. The van der Waals surface area contributed by atoms with Crippen molar-refractivity contribution in [3.8, 4) is 0 Å². The standard InChI is InChI=1S/C18H35NO/c1-2-3-4-5-6-7-8-9-10-12-15-19-16-13-11-14-18(19)17-20/h17-18H,2-16H2,1H3. The minimum atomic E-state index is 0.224. The number of rotatable bonds is 12. The number of nitrogens with zero attached hydrogens (tertiary/aromatic N) is 1. The fraction of sp³-hybridized carbons (Fsp3) is 0.944. The number of unbranched alkanes of at least 4 members (excludes halogenated alkanes) is 9. The van der Waals surface area contributed by atoms with Gasteiger partial charge in [0.1, 0.15) is 6.29 Å². The quantitative estimate of drug-likeness (QED) is 0.372. The van der Waals surface area contributed by atoms with Crippen LogP contribution in [0.4, 0.5) is 0 Å². The molecule has 0 spiro atoms. The molecule has 0 radical (unpaired) electrons. The van der Waals surface area contributed by atoms with Crippen LogP contribution in [0.2, 0.25) is 0 Å². The van der Waals surface area contributed by atoms with Gasteiger partial charge in [-0.25, -0.2) is 0 Å². The first-order valence-corrected chi connectivity index (χ1v) is 9.08. The Morgan fingerprint density at radius 1 is 0.900 bits per heavy atom. The van der Waals surface area contributed by atoms with Gasteiger partial charge in [-0.05, 0) is 32.4 Å². The van der Waals surface area contributed by atoms with Crippen molar-refractivity contribution in [3.63, 3.8) is 0 Å². The highest BCUT2D eigenvalue weighted by atomic mass is 16.1. The van der Waals surface area contributed by atoms with E-state index in [1.807, 2.05) is 0 Å². The third-order valence-electron chi connectivity index (χ3n) is 4.62. The van der Waals surface area contributed by atoms with Crippen LogP contribution in [0.3, 0.4) is 0 Å². The number of hydrogen-bond donors (Lipinski definition) is 0. The first-order chi connectivity index (χ1) is 9.88. The van der Waals surface area contributed by atoms with Gasteiger partial charge in [-0.2, -0.15) is 0 Å². The Hall–Kier alpha value is -0.370. The van der Waals surface area contributed by atoms with Gasteiger partial charge < -0.3 is 4.79 Å². The first kappa shape index (κ1) is 17.7. The first-order valence-electron chi connectivity index (χ1n) is 9.08. The van der Waals surface area contributed by atoms with E-state index >= 15 is 0 Å². The fourth-order valence-corrected chi connectivity index (χ4v) is 3.25. The lowest BCUT2D eigenvalue weighted by molar-refractivity contribution is -0.113. The van der Waals surface area contributed by atoms with Crippen LogP contribution in [0, 0.1) is 0 Å². The van der Waals surface area contributed by atoms with Crippen LogP contribution in [-0.4, -0.2) is 30.3 Å². The molecule has 1 aliphatic heterocycles. The van der Waals surface area contributed by atoms with E-state index in [-0.39, 0.29) is 6.04 Å². The number of carbonyl (C=O) groups is 1. The van der Waals surface area contributed by atoms with Crippen molar-refractivity contribution in [2.45, 2.75) is 96.4 Å². The summed E-state index contributed by atoms with van der Waals surface area (Å²) in [5.74, 6) is 0. The Bertz CT molecular complexity index is 229. The number of carbonyl (C=O) groups excluding carboxylic acids is 1. The molecular weight excluding hydrogens is 246 g/mol. The highest BCUT2D eigenvalue weighted by Crippen LogP contribution is 2.17. The molecule has 20 heavy (non-hydrogen) atoms. The summed E-state index contributed by atoms with van der Waals surface area (Å²) in [5, 5.41) is 0. The van der Waals surface area contributed by atoms with Crippen molar-refractivity contribution in [3.05, 3.63) is 0 Å². The summed E-state index contributed by atoms with van der Waals surface area (Å²) in [7, 11) is 0. The van der Waals surface area contributed by atoms with Crippen LogP contribution in [0.5, 0.6) is 0 Å². The largest absolute Gasteiger partial charge is 0.302 e. The summed E-state index contributed by atoms with van der Waals surface area (Å²) in [6.45, 7) is 4.55. The molecule has 1 rings (SSSR count). The van der Waals surface area contributed by atoms with E-state index < -0.39 is 0 Å². The van der Waals surface area contributed by atoms with Crippen molar-refractivity contribution in [1.29, 1.82) is 0 Å². The number of aldehydes is 1. The SMILES string of the molecule is CCCCCCCCCCCCN1CCCCC1C=O. The van der Waals surface area contributed by atoms with E-state index in [2.05, 4.69) is 11.8 Å². The molecule has 1 unspecified atom stereocenters. The zero-order valence-electron chi connectivity index (χ0n) is 13.6. The lowest BCUT2D eigenvalue weighted by Crippen LogP contribution is -2.40. The Balaban J connectivity index is 1.87. The Morgan fingerprint density at radius 2 is 1.50 bits per heavy atom. The summed E-state index contributed by atoms with van der Waals surface area (Å²) in [6.07, 6.45) is 18.6. The molecule has 0 aromatic carbocycles. The molecule has 0 aromatic rings. The fourth-order valence-electron chi connectivity index (χ4n) is 3.25. The van der Waals surface area contributed by atoms with Gasteiger partial charge in [0.15, 0.2) is 0 Å². The van der Waals surface area contributed by atoms with E-state index in [4.69, 9.17) is 0 Å². The number of hydrogen-bond acceptors (Lipinski definition) is 2. The third kappa shape index (κ3) is 8.04. The van der Waals surface area contributed by atoms with Crippen molar-refractivity contribution in [1.82, 2.24) is 4.90 Å². The molecule has 1 aliphatic rings. The number of likely N-dealkylation sites (tertiary alicyclic amines) is 1. The monoisotopic (exact) mass is 281 g/mol. The second kappa shape index (κ2) is 12.4. The maximum Gasteiger partial charge on any atom is 0.137 e. The minimum Gasteiger partial charge on any atom is -0.302 e. The van der Waals surface area contributed by atoms with Gasteiger partial charge in [0.2, 0.25) is 0 Å². The molecule has 1 atom stereocenters. The van der Waals surface area contributed by atoms with Gasteiger partial charge in [-0.1, -0.05) is 71.1 Å². The van der Waals surface area contributed by atoms with Gasteiger partial charge in [0, 0.05) is 0 Å². The second-order valence-corrected chi connectivity index (χ2v) is 6.42. The summed E-state index contributed by atoms with van der Waals surface area (Å²) < 4.78 is 0. The molecule has 0 aliphatic carbocycles. The van der Waals surface area contributed by atoms with Crippen LogP contribution in [0.15, 0.2) is 0 Å². The van der Waals surface area contributed by atoms with Crippen molar-refractivity contribution in [2.75, 3.05) is 13.1 Å². The molecule has 0 saturated carbocycles. The highest BCUT2D eigenvalue weighted by molar-refractivity contribution is 5.57. The van der Waals surface area contributed by atoms with Gasteiger partial charge in [-0.3, -0.25) is 4.90 Å². The molecule has 118 valence electrons. The Morgan fingerprint density at radius 3 is 2.10 bits per heavy atom. The van der Waals surface area contributed by atoms with Crippen LogP contribution < -0.4 is 0 Å².